The number of esters is 1. The van der Waals surface area contributed by atoms with Gasteiger partial charge in [-0.2, -0.15) is 0 Å². The van der Waals surface area contributed by atoms with Gasteiger partial charge in [0.15, 0.2) is 10.8 Å². The van der Waals surface area contributed by atoms with Crippen molar-refractivity contribution in [3.05, 3.63) is 22.1 Å². The number of nitrogens with one attached hydrogen (secondary N) is 1. The van der Waals surface area contributed by atoms with Crippen LogP contribution in [0.4, 0.5) is 5.13 Å². The first-order valence-corrected chi connectivity index (χ1v) is 7.09. The number of nitrogens with zero attached hydrogens (tertiary/aromatic N) is 3. The highest BCUT2D eigenvalue weighted by molar-refractivity contribution is 7.14. The van der Waals surface area contributed by atoms with Crippen LogP contribution in [0, 0.1) is 0 Å². The van der Waals surface area contributed by atoms with E-state index < -0.39 is 0 Å². The second-order valence-corrected chi connectivity index (χ2v) is 4.84. The minimum Gasteiger partial charge on any atom is -0.466 e. The molecule has 1 amide bonds. The van der Waals surface area contributed by atoms with E-state index in [0.717, 1.165) is 11.5 Å². The van der Waals surface area contributed by atoms with Crippen LogP contribution in [0.1, 0.15) is 23.1 Å². The van der Waals surface area contributed by atoms with Crippen LogP contribution >= 0.6 is 22.9 Å². The summed E-state index contributed by atoms with van der Waals surface area (Å²) in [6.45, 7) is 2.08. The van der Waals surface area contributed by atoms with Crippen LogP contribution in [-0.4, -0.2) is 33.1 Å². The second kappa shape index (κ2) is 6.34. The van der Waals surface area contributed by atoms with Crippen molar-refractivity contribution >= 4 is 39.9 Å². The third-order valence-electron chi connectivity index (χ3n) is 2.00. The SMILES string of the molecule is CCOC(=O)Cc1csc(NC(=O)c2csnn2)n1. The van der Waals surface area contributed by atoms with Gasteiger partial charge in [-0.15, -0.1) is 16.4 Å². The number of ether oxygens (including phenoxy) is 1. The molecule has 0 unspecified atom stereocenters. The van der Waals surface area contributed by atoms with Gasteiger partial charge in [0.05, 0.1) is 18.7 Å². The van der Waals surface area contributed by atoms with Crippen LogP contribution < -0.4 is 5.32 Å². The molecule has 0 fully saturated rings. The molecular formula is C10H10N4O3S2. The number of rotatable bonds is 5. The molecule has 0 aromatic carbocycles. The zero-order valence-corrected chi connectivity index (χ0v) is 11.6. The maximum atomic E-state index is 11.7. The number of carbonyl (C=O) groups excluding carboxylic acids is 2. The molecule has 0 radical (unpaired) electrons. The molecular weight excluding hydrogens is 288 g/mol. The lowest BCUT2D eigenvalue weighted by molar-refractivity contribution is -0.142. The molecule has 2 aromatic rings. The van der Waals surface area contributed by atoms with Gasteiger partial charge in [-0.25, -0.2) is 4.98 Å². The average Bonchev–Trinajstić information content (AvgIpc) is 3.00. The van der Waals surface area contributed by atoms with Crippen LogP contribution in [0.3, 0.4) is 0 Å². The molecule has 9 heteroatoms. The Morgan fingerprint density at radius 1 is 1.42 bits per heavy atom. The fraction of sp³-hybridized carbons (Fsp3) is 0.300. The van der Waals surface area contributed by atoms with E-state index in [9.17, 15) is 9.59 Å². The lowest BCUT2D eigenvalue weighted by Crippen LogP contribution is -2.12. The summed E-state index contributed by atoms with van der Waals surface area (Å²) < 4.78 is 8.42. The molecule has 0 bridgehead atoms. The van der Waals surface area contributed by atoms with Crippen molar-refractivity contribution in [3.63, 3.8) is 0 Å². The number of anilines is 1. The fourth-order valence-corrected chi connectivity index (χ4v) is 2.37. The predicted molar refractivity (Wildman–Crippen MR) is 70.3 cm³/mol. The van der Waals surface area contributed by atoms with Gasteiger partial charge in [0, 0.05) is 10.8 Å². The summed E-state index contributed by atoms with van der Waals surface area (Å²) in [5, 5.41) is 9.90. The van der Waals surface area contributed by atoms with Crippen molar-refractivity contribution in [1.82, 2.24) is 14.6 Å². The van der Waals surface area contributed by atoms with E-state index in [1.165, 1.54) is 11.3 Å². The molecule has 19 heavy (non-hydrogen) atoms. The quantitative estimate of drug-likeness (QED) is 0.837. The van der Waals surface area contributed by atoms with Gasteiger partial charge >= 0.3 is 5.97 Å². The van der Waals surface area contributed by atoms with Gasteiger partial charge in [-0.3, -0.25) is 14.9 Å². The van der Waals surface area contributed by atoms with Crippen molar-refractivity contribution < 1.29 is 14.3 Å². The lowest BCUT2D eigenvalue weighted by atomic mass is 10.3. The van der Waals surface area contributed by atoms with Gasteiger partial charge in [-0.05, 0) is 18.5 Å². The zero-order valence-electron chi connectivity index (χ0n) is 9.95. The van der Waals surface area contributed by atoms with Crippen molar-refractivity contribution in [3.8, 4) is 0 Å². The van der Waals surface area contributed by atoms with Crippen molar-refractivity contribution in [1.29, 1.82) is 0 Å². The molecule has 0 saturated carbocycles. The first-order valence-electron chi connectivity index (χ1n) is 5.37. The van der Waals surface area contributed by atoms with Gasteiger partial charge in [-0.1, -0.05) is 4.49 Å². The first-order chi connectivity index (χ1) is 9.19. The Kier molecular flexibility index (Phi) is 4.53. The summed E-state index contributed by atoms with van der Waals surface area (Å²) in [5.74, 6) is -0.708. The molecule has 2 aromatic heterocycles. The smallest absolute Gasteiger partial charge is 0.311 e. The van der Waals surface area contributed by atoms with Crippen LogP contribution in [0.5, 0.6) is 0 Å². The molecule has 0 aliphatic rings. The van der Waals surface area contributed by atoms with Gasteiger partial charge in [0.1, 0.15) is 0 Å². The van der Waals surface area contributed by atoms with E-state index in [1.54, 1.807) is 17.7 Å². The highest BCUT2D eigenvalue weighted by Crippen LogP contribution is 2.17. The van der Waals surface area contributed by atoms with E-state index >= 15 is 0 Å². The summed E-state index contributed by atoms with van der Waals surface area (Å²) in [6, 6.07) is 0. The Labute approximate surface area is 116 Å². The van der Waals surface area contributed by atoms with Gasteiger partial charge in [0.2, 0.25) is 0 Å². The van der Waals surface area contributed by atoms with Crippen LogP contribution in [0.25, 0.3) is 0 Å². The monoisotopic (exact) mass is 298 g/mol. The second-order valence-electron chi connectivity index (χ2n) is 3.37. The van der Waals surface area contributed by atoms with E-state index in [4.69, 9.17) is 4.74 Å². The predicted octanol–water partition coefficient (Wildman–Crippen LogP) is 1.35. The number of hydrogen-bond donors (Lipinski definition) is 1. The van der Waals surface area contributed by atoms with E-state index in [2.05, 4.69) is 19.9 Å². The third-order valence-corrected chi connectivity index (χ3v) is 3.31. The van der Waals surface area contributed by atoms with Crippen molar-refractivity contribution in [2.24, 2.45) is 0 Å². The molecule has 100 valence electrons. The summed E-state index contributed by atoms with van der Waals surface area (Å²) in [7, 11) is 0. The number of amides is 1. The number of thiazole rings is 1. The zero-order chi connectivity index (χ0) is 13.7. The normalized spacial score (nSPS) is 10.2. The maximum absolute atomic E-state index is 11.7. The van der Waals surface area contributed by atoms with E-state index in [-0.39, 0.29) is 24.0 Å². The number of carbonyl (C=O) groups is 2. The molecule has 2 rings (SSSR count). The molecule has 7 nitrogen and oxygen atoms in total. The summed E-state index contributed by atoms with van der Waals surface area (Å²) >= 11 is 2.34. The first kappa shape index (κ1) is 13.6. The molecule has 0 saturated heterocycles. The minimum atomic E-state index is -0.370. The average molecular weight is 298 g/mol. The van der Waals surface area contributed by atoms with Crippen LogP contribution in [0.15, 0.2) is 10.8 Å². The topological polar surface area (TPSA) is 94.1 Å². The van der Waals surface area contributed by atoms with Crippen LogP contribution in [0.2, 0.25) is 0 Å². The van der Waals surface area contributed by atoms with Crippen molar-refractivity contribution in [2.45, 2.75) is 13.3 Å². The van der Waals surface area contributed by atoms with E-state index in [0.29, 0.717) is 17.4 Å². The largest absolute Gasteiger partial charge is 0.466 e. The summed E-state index contributed by atoms with van der Waals surface area (Å²) in [4.78, 5) is 27.1. The highest BCUT2D eigenvalue weighted by Gasteiger charge is 2.13. The van der Waals surface area contributed by atoms with Crippen LogP contribution in [-0.2, 0) is 16.0 Å². The highest BCUT2D eigenvalue weighted by atomic mass is 32.1. The Bertz CT molecular complexity index is 567. The molecule has 0 aliphatic carbocycles. The Balaban J connectivity index is 1.94. The Hall–Kier alpha value is -1.87. The van der Waals surface area contributed by atoms with E-state index in [1.807, 2.05) is 0 Å². The van der Waals surface area contributed by atoms with Gasteiger partial charge < -0.3 is 4.74 Å². The number of aromatic nitrogens is 3. The summed E-state index contributed by atoms with van der Waals surface area (Å²) in [5.41, 5.74) is 0.808. The Morgan fingerprint density at radius 3 is 2.95 bits per heavy atom. The molecule has 0 atom stereocenters. The molecule has 0 spiro atoms. The molecule has 0 aliphatic heterocycles. The standard InChI is InChI=1S/C10H10N4O3S2/c1-2-17-8(15)3-6-4-18-10(11-6)12-9(16)7-5-19-14-13-7/h4-5H,2-3H2,1H3,(H,11,12,16). The third kappa shape index (κ3) is 3.80. The molecule has 2 heterocycles. The number of hydrogen-bond acceptors (Lipinski definition) is 8. The fourth-order valence-electron chi connectivity index (χ4n) is 1.23. The summed E-state index contributed by atoms with van der Waals surface area (Å²) in [6.07, 6.45) is 0.0957. The minimum absolute atomic E-state index is 0.0957. The van der Waals surface area contributed by atoms with Crippen molar-refractivity contribution in [2.75, 3.05) is 11.9 Å². The molecule has 1 N–H and O–H groups in total. The maximum Gasteiger partial charge on any atom is 0.311 e. The lowest BCUT2D eigenvalue weighted by Gasteiger charge is -1.98. The Morgan fingerprint density at radius 2 is 2.26 bits per heavy atom. The van der Waals surface area contributed by atoms with Gasteiger partial charge in [0.25, 0.3) is 5.91 Å².